The summed E-state index contributed by atoms with van der Waals surface area (Å²) in [7, 11) is 0. The Labute approximate surface area is 203 Å². The van der Waals surface area contributed by atoms with Gasteiger partial charge in [-0.25, -0.2) is 9.79 Å². The molecule has 1 aliphatic rings. The molecule has 3 heterocycles. The summed E-state index contributed by atoms with van der Waals surface area (Å²) in [4.78, 5) is 33.0. The molecule has 0 saturated carbocycles. The lowest BCUT2D eigenvalue weighted by Gasteiger charge is -2.24. The maximum Gasteiger partial charge on any atom is 0.338 e. The third-order valence-corrected chi connectivity index (χ3v) is 7.28. The Morgan fingerprint density at radius 1 is 1.12 bits per heavy atom. The number of phenolic OH excluding ortho intramolecular Hbond substituents is 1. The van der Waals surface area contributed by atoms with Crippen LogP contribution in [0.4, 0.5) is 0 Å². The Hall–Kier alpha value is -3.75. The number of carbonyl (C=O) groups excluding carboxylic acids is 1. The van der Waals surface area contributed by atoms with Crippen LogP contribution in [0.25, 0.3) is 11.8 Å². The van der Waals surface area contributed by atoms with Gasteiger partial charge in [0.25, 0.3) is 5.56 Å². The van der Waals surface area contributed by atoms with E-state index in [1.165, 1.54) is 22.7 Å². The summed E-state index contributed by atoms with van der Waals surface area (Å²) in [5.41, 5.74) is 2.19. The van der Waals surface area contributed by atoms with Crippen LogP contribution in [-0.2, 0) is 9.53 Å². The molecule has 0 radical (unpaired) electrons. The van der Waals surface area contributed by atoms with Crippen molar-refractivity contribution in [1.82, 2.24) is 4.57 Å². The highest BCUT2D eigenvalue weighted by Gasteiger charge is 2.35. The van der Waals surface area contributed by atoms with Gasteiger partial charge in [-0.3, -0.25) is 9.36 Å². The van der Waals surface area contributed by atoms with Crippen molar-refractivity contribution in [1.29, 1.82) is 0 Å². The van der Waals surface area contributed by atoms with Crippen LogP contribution in [0.3, 0.4) is 0 Å². The Morgan fingerprint density at radius 2 is 1.88 bits per heavy atom. The summed E-state index contributed by atoms with van der Waals surface area (Å²) in [6.45, 7) is 1.97. The van der Waals surface area contributed by atoms with Gasteiger partial charge in [0.1, 0.15) is 11.8 Å². The minimum absolute atomic E-state index is 0.155. The van der Waals surface area contributed by atoms with Crippen LogP contribution in [-0.4, -0.2) is 22.2 Å². The van der Waals surface area contributed by atoms with Crippen molar-refractivity contribution in [2.45, 2.75) is 13.0 Å². The second-order valence-electron chi connectivity index (χ2n) is 7.54. The number of phenols is 1. The molecular weight excluding hydrogens is 468 g/mol. The highest BCUT2D eigenvalue weighted by Crippen LogP contribution is 2.36. The molecule has 0 amide bonds. The molecule has 0 aliphatic carbocycles. The van der Waals surface area contributed by atoms with Gasteiger partial charge < -0.3 is 9.84 Å². The van der Waals surface area contributed by atoms with Gasteiger partial charge in [-0.05, 0) is 42.1 Å². The van der Waals surface area contributed by atoms with Gasteiger partial charge in [-0.15, -0.1) is 11.3 Å². The summed E-state index contributed by atoms with van der Waals surface area (Å²) in [5, 5.41) is 11.5. The van der Waals surface area contributed by atoms with Crippen molar-refractivity contribution in [2.75, 3.05) is 6.61 Å². The molecule has 6 nitrogen and oxygen atoms in total. The van der Waals surface area contributed by atoms with Crippen LogP contribution in [0.5, 0.6) is 5.75 Å². The molecule has 0 spiro atoms. The number of carbonyl (C=O) groups is 1. The van der Waals surface area contributed by atoms with E-state index in [-0.39, 0.29) is 17.9 Å². The number of thiophene rings is 1. The number of aromatic nitrogens is 1. The van der Waals surface area contributed by atoms with Crippen LogP contribution in [0.1, 0.15) is 29.0 Å². The maximum atomic E-state index is 13.6. The zero-order valence-corrected chi connectivity index (χ0v) is 19.8. The van der Waals surface area contributed by atoms with Crippen molar-refractivity contribution in [2.24, 2.45) is 4.99 Å². The molecule has 0 saturated heterocycles. The largest absolute Gasteiger partial charge is 0.508 e. The van der Waals surface area contributed by atoms with Crippen molar-refractivity contribution in [3.05, 3.63) is 113 Å². The zero-order chi connectivity index (χ0) is 23.7. The van der Waals surface area contributed by atoms with Gasteiger partial charge in [0.05, 0.1) is 22.4 Å². The third-order valence-electron chi connectivity index (χ3n) is 5.38. The maximum absolute atomic E-state index is 13.6. The van der Waals surface area contributed by atoms with Crippen molar-refractivity contribution in [3.63, 3.8) is 0 Å². The quantitative estimate of drug-likeness (QED) is 0.435. The first kappa shape index (κ1) is 22.1. The van der Waals surface area contributed by atoms with Gasteiger partial charge in [0, 0.05) is 10.4 Å². The first-order chi connectivity index (χ1) is 16.6. The van der Waals surface area contributed by atoms with E-state index >= 15 is 0 Å². The van der Waals surface area contributed by atoms with Crippen LogP contribution in [0, 0.1) is 0 Å². The van der Waals surface area contributed by atoms with E-state index < -0.39 is 12.0 Å². The number of ether oxygens (including phenoxy) is 1. The van der Waals surface area contributed by atoms with Gasteiger partial charge in [0.15, 0.2) is 4.80 Å². The number of aromatic hydroxyl groups is 1. The van der Waals surface area contributed by atoms with E-state index in [0.717, 1.165) is 16.0 Å². The number of hydrogen-bond donors (Lipinski definition) is 1. The highest BCUT2D eigenvalue weighted by molar-refractivity contribution is 7.10. The molecule has 1 aliphatic heterocycles. The lowest BCUT2D eigenvalue weighted by Crippen LogP contribution is -2.39. The topological polar surface area (TPSA) is 80.9 Å². The van der Waals surface area contributed by atoms with E-state index in [0.29, 0.717) is 20.6 Å². The number of benzene rings is 2. The molecule has 1 N–H and O–H groups in total. The van der Waals surface area contributed by atoms with Crippen molar-refractivity contribution in [3.8, 4) is 5.75 Å². The SMILES string of the molecule is CCOC(=O)C1=C(c2ccccc2)N=c2s/c(=C\c3ccc(O)cc3)c(=O)n2C1c1cccs1. The van der Waals surface area contributed by atoms with Crippen LogP contribution >= 0.6 is 22.7 Å². The van der Waals surface area contributed by atoms with Gasteiger partial charge >= 0.3 is 5.97 Å². The van der Waals surface area contributed by atoms with E-state index in [1.54, 1.807) is 41.8 Å². The molecule has 2 aromatic carbocycles. The minimum Gasteiger partial charge on any atom is -0.508 e. The van der Waals surface area contributed by atoms with Gasteiger partial charge in [-0.1, -0.05) is 59.9 Å². The number of hydrogen-bond acceptors (Lipinski definition) is 7. The summed E-state index contributed by atoms with van der Waals surface area (Å²) >= 11 is 2.75. The number of nitrogens with zero attached hydrogens (tertiary/aromatic N) is 2. The fourth-order valence-electron chi connectivity index (χ4n) is 3.88. The molecule has 1 atom stereocenters. The summed E-state index contributed by atoms with van der Waals surface area (Å²) in [6.07, 6.45) is 1.77. The normalized spacial score (nSPS) is 15.7. The van der Waals surface area contributed by atoms with Gasteiger partial charge in [0.2, 0.25) is 0 Å². The van der Waals surface area contributed by atoms with Crippen LogP contribution in [0.15, 0.2) is 87.5 Å². The number of fused-ring (bicyclic) bond motifs is 1. The molecule has 170 valence electrons. The smallest absolute Gasteiger partial charge is 0.338 e. The van der Waals surface area contributed by atoms with Crippen LogP contribution in [0.2, 0.25) is 0 Å². The molecule has 0 fully saturated rings. The summed E-state index contributed by atoms with van der Waals surface area (Å²) in [5.74, 6) is -0.334. The van der Waals surface area contributed by atoms with Crippen LogP contribution < -0.4 is 14.9 Å². The first-order valence-corrected chi connectivity index (χ1v) is 12.4. The van der Waals surface area contributed by atoms with Crippen molar-refractivity contribution < 1.29 is 14.6 Å². The molecule has 5 rings (SSSR count). The Kier molecular flexibility index (Phi) is 6.00. The number of rotatable bonds is 5. The van der Waals surface area contributed by atoms with E-state index in [1.807, 2.05) is 47.8 Å². The molecular formula is C26H20N2O4S2. The molecule has 2 aromatic heterocycles. The summed E-state index contributed by atoms with van der Waals surface area (Å²) in [6, 6.07) is 19.3. The fourth-order valence-corrected chi connectivity index (χ4v) is 5.70. The standard InChI is InChI=1S/C26H20N2O4S2/c1-2-32-25(31)21-22(17-7-4-3-5-8-17)27-26-28(23(21)19-9-6-14-33-19)24(30)20(34-26)15-16-10-12-18(29)13-11-16/h3-15,23,29H,2H2,1H3/b20-15-. The average molecular weight is 489 g/mol. The Balaban J connectivity index is 1.81. The second kappa shape index (κ2) is 9.24. The van der Waals surface area contributed by atoms with Crippen molar-refractivity contribution >= 4 is 40.4 Å². The average Bonchev–Trinajstić information content (AvgIpc) is 3.49. The predicted molar refractivity (Wildman–Crippen MR) is 133 cm³/mol. The van der Waals surface area contributed by atoms with Gasteiger partial charge in [-0.2, -0.15) is 0 Å². The highest BCUT2D eigenvalue weighted by atomic mass is 32.1. The monoisotopic (exact) mass is 488 g/mol. The lowest BCUT2D eigenvalue weighted by atomic mass is 9.97. The first-order valence-electron chi connectivity index (χ1n) is 10.7. The second-order valence-corrected chi connectivity index (χ2v) is 9.53. The molecule has 8 heteroatoms. The fraction of sp³-hybridized carbons (Fsp3) is 0.115. The number of thiazole rings is 1. The third kappa shape index (κ3) is 4.02. The Bertz CT molecular complexity index is 1550. The molecule has 34 heavy (non-hydrogen) atoms. The molecule has 0 bridgehead atoms. The predicted octanol–water partition coefficient (Wildman–Crippen LogP) is 3.70. The molecule has 1 unspecified atom stereocenters. The van der Waals surface area contributed by atoms with E-state index in [4.69, 9.17) is 9.73 Å². The minimum atomic E-state index is -0.646. The Morgan fingerprint density at radius 3 is 2.56 bits per heavy atom. The van der Waals surface area contributed by atoms with E-state index in [9.17, 15) is 14.7 Å². The summed E-state index contributed by atoms with van der Waals surface area (Å²) < 4.78 is 7.51. The number of esters is 1. The lowest BCUT2D eigenvalue weighted by molar-refractivity contribution is -0.138. The van der Waals surface area contributed by atoms with E-state index in [2.05, 4.69) is 0 Å². The molecule has 4 aromatic rings. The zero-order valence-electron chi connectivity index (χ0n) is 18.2.